The molecular weight excluding hydrogens is 332 g/mol. The highest BCUT2D eigenvalue weighted by atomic mass is 16.5. The van der Waals surface area contributed by atoms with Crippen LogP contribution >= 0.6 is 0 Å². The minimum absolute atomic E-state index is 0.0112. The Morgan fingerprint density at radius 3 is 2.88 bits per heavy atom. The van der Waals surface area contributed by atoms with Crippen molar-refractivity contribution in [2.45, 2.75) is 0 Å². The number of rotatable bonds is 2. The second-order valence-electron chi connectivity index (χ2n) is 6.22. The van der Waals surface area contributed by atoms with Gasteiger partial charge in [-0.25, -0.2) is 4.98 Å². The van der Waals surface area contributed by atoms with Crippen molar-refractivity contribution in [3.8, 4) is 11.4 Å². The zero-order valence-corrected chi connectivity index (χ0v) is 14.0. The topological polar surface area (TPSA) is 72.9 Å². The average molecular weight is 348 g/mol. The van der Waals surface area contributed by atoms with E-state index in [2.05, 4.69) is 10.1 Å². The van der Waals surface area contributed by atoms with E-state index >= 15 is 0 Å². The van der Waals surface area contributed by atoms with Gasteiger partial charge in [-0.2, -0.15) is 0 Å². The first-order chi connectivity index (χ1) is 12.8. The lowest BCUT2D eigenvalue weighted by atomic mass is 10.1. The maximum atomic E-state index is 12.6. The molecule has 1 aromatic carbocycles. The Morgan fingerprint density at radius 1 is 1.12 bits per heavy atom. The number of morpholine rings is 1. The van der Waals surface area contributed by atoms with Crippen LogP contribution in [-0.2, 0) is 4.74 Å². The van der Waals surface area contributed by atoms with Gasteiger partial charge in [0.25, 0.3) is 5.91 Å². The van der Waals surface area contributed by atoms with Crippen LogP contribution in [0.3, 0.4) is 0 Å². The van der Waals surface area contributed by atoms with E-state index in [1.807, 2.05) is 40.9 Å². The Balaban J connectivity index is 1.55. The first kappa shape index (κ1) is 15.1. The monoisotopic (exact) mass is 348 g/mol. The van der Waals surface area contributed by atoms with Crippen LogP contribution in [-0.4, -0.2) is 51.7 Å². The standard InChI is InChI=1S/C19H16N4O3/c24-19(22-7-9-25-10-8-22)13-4-5-14-16(11-13)26-21-18(14)15-12-20-17-3-1-2-6-23(15)17/h1-6,11-12H,7-10H2. The highest BCUT2D eigenvalue weighted by Crippen LogP contribution is 2.29. The molecule has 4 heterocycles. The van der Waals surface area contributed by atoms with Gasteiger partial charge >= 0.3 is 0 Å². The predicted octanol–water partition coefficient (Wildman–Crippen LogP) is 2.61. The molecule has 1 fully saturated rings. The lowest BCUT2D eigenvalue weighted by molar-refractivity contribution is 0.0303. The number of fused-ring (bicyclic) bond motifs is 2. The molecule has 1 saturated heterocycles. The number of hydrogen-bond acceptors (Lipinski definition) is 5. The van der Waals surface area contributed by atoms with Crippen LogP contribution in [0.5, 0.6) is 0 Å². The maximum absolute atomic E-state index is 12.6. The van der Waals surface area contributed by atoms with Gasteiger partial charge in [-0.15, -0.1) is 0 Å². The number of ether oxygens (including phenoxy) is 1. The molecule has 0 N–H and O–H groups in total. The molecule has 0 saturated carbocycles. The van der Waals surface area contributed by atoms with Crippen molar-refractivity contribution in [1.29, 1.82) is 0 Å². The Bertz CT molecular complexity index is 1110. The number of nitrogens with zero attached hydrogens (tertiary/aromatic N) is 4. The zero-order valence-electron chi connectivity index (χ0n) is 14.0. The minimum Gasteiger partial charge on any atom is -0.378 e. The number of imidazole rings is 1. The molecule has 0 unspecified atom stereocenters. The van der Waals surface area contributed by atoms with E-state index < -0.39 is 0 Å². The average Bonchev–Trinajstić information content (AvgIpc) is 3.31. The van der Waals surface area contributed by atoms with Crippen LogP contribution in [0.4, 0.5) is 0 Å². The fraction of sp³-hybridized carbons (Fsp3) is 0.211. The van der Waals surface area contributed by atoms with Gasteiger partial charge in [0.05, 0.1) is 30.5 Å². The third kappa shape index (κ3) is 2.36. The summed E-state index contributed by atoms with van der Waals surface area (Å²) in [6.45, 7) is 2.38. The van der Waals surface area contributed by atoms with Gasteiger partial charge in [-0.3, -0.25) is 9.20 Å². The fourth-order valence-corrected chi connectivity index (χ4v) is 3.31. The second kappa shape index (κ2) is 5.96. The number of carbonyl (C=O) groups is 1. The second-order valence-corrected chi connectivity index (χ2v) is 6.22. The molecule has 1 aliphatic heterocycles. The molecule has 7 heteroatoms. The Kier molecular flexibility index (Phi) is 3.46. The highest BCUT2D eigenvalue weighted by molar-refractivity contribution is 6.00. The van der Waals surface area contributed by atoms with Gasteiger partial charge in [0.15, 0.2) is 5.58 Å². The molecule has 5 rings (SSSR count). The van der Waals surface area contributed by atoms with Crippen LogP contribution in [0.2, 0.25) is 0 Å². The van der Waals surface area contributed by atoms with Crippen molar-refractivity contribution in [1.82, 2.24) is 19.4 Å². The van der Waals surface area contributed by atoms with E-state index in [0.717, 1.165) is 16.7 Å². The van der Waals surface area contributed by atoms with Gasteiger partial charge in [0.1, 0.15) is 11.3 Å². The van der Waals surface area contributed by atoms with Gasteiger partial charge in [0.2, 0.25) is 0 Å². The third-order valence-electron chi connectivity index (χ3n) is 4.68. The van der Waals surface area contributed by atoms with E-state index in [9.17, 15) is 4.79 Å². The molecule has 1 amide bonds. The molecule has 0 spiro atoms. The van der Waals surface area contributed by atoms with Gasteiger partial charge in [-0.05, 0) is 30.3 Å². The third-order valence-corrected chi connectivity index (χ3v) is 4.68. The fourth-order valence-electron chi connectivity index (χ4n) is 3.31. The van der Waals surface area contributed by atoms with Crippen molar-refractivity contribution in [3.63, 3.8) is 0 Å². The summed E-state index contributed by atoms with van der Waals surface area (Å²) < 4.78 is 12.8. The van der Waals surface area contributed by atoms with Crippen LogP contribution < -0.4 is 0 Å². The molecular formula is C19H16N4O3. The van der Waals surface area contributed by atoms with Crippen LogP contribution in [0, 0.1) is 0 Å². The Labute approximate surface area is 148 Å². The zero-order chi connectivity index (χ0) is 17.5. The van der Waals surface area contributed by atoms with Gasteiger partial charge < -0.3 is 14.2 Å². The largest absolute Gasteiger partial charge is 0.378 e. The number of benzene rings is 1. The maximum Gasteiger partial charge on any atom is 0.254 e. The van der Waals surface area contributed by atoms with Gasteiger partial charge in [0, 0.05) is 24.8 Å². The molecule has 7 nitrogen and oxygen atoms in total. The molecule has 0 atom stereocenters. The van der Waals surface area contributed by atoms with E-state index in [0.29, 0.717) is 43.1 Å². The van der Waals surface area contributed by atoms with Crippen molar-refractivity contribution in [3.05, 3.63) is 54.4 Å². The summed E-state index contributed by atoms with van der Waals surface area (Å²) in [5, 5.41) is 5.08. The normalized spacial score (nSPS) is 15.0. The summed E-state index contributed by atoms with van der Waals surface area (Å²) in [4.78, 5) is 18.8. The van der Waals surface area contributed by atoms with Crippen LogP contribution in [0.25, 0.3) is 28.0 Å². The lowest BCUT2D eigenvalue weighted by Gasteiger charge is -2.26. The van der Waals surface area contributed by atoms with Crippen molar-refractivity contribution >= 4 is 22.5 Å². The Morgan fingerprint density at radius 2 is 2.00 bits per heavy atom. The number of pyridine rings is 1. The van der Waals surface area contributed by atoms with E-state index in [1.165, 1.54) is 0 Å². The molecule has 0 radical (unpaired) electrons. The summed E-state index contributed by atoms with van der Waals surface area (Å²) in [6, 6.07) is 11.3. The van der Waals surface area contributed by atoms with Crippen molar-refractivity contribution in [2.75, 3.05) is 26.3 Å². The lowest BCUT2D eigenvalue weighted by Crippen LogP contribution is -2.40. The molecule has 0 aliphatic carbocycles. The van der Waals surface area contributed by atoms with Crippen LogP contribution in [0.15, 0.2) is 53.3 Å². The van der Waals surface area contributed by atoms with E-state index in [4.69, 9.17) is 9.26 Å². The summed E-state index contributed by atoms with van der Waals surface area (Å²) in [5.74, 6) is -0.0112. The predicted molar refractivity (Wildman–Crippen MR) is 94.9 cm³/mol. The van der Waals surface area contributed by atoms with E-state index in [1.54, 1.807) is 17.2 Å². The molecule has 1 aliphatic rings. The SMILES string of the molecule is O=C(c1ccc2c(-c3cnc4ccccn34)noc2c1)N1CCOCC1. The summed E-state index contributed by atoms with van der Waals surface area (Å²) in [7, 11) is 0. The number of carbonyl (C=O) groups excluding carboxylic acids is 1. The summed E-state index contributed by atoms with van der Waals surface area (Å²) in [5.41, 5.74) is 3.60. The first-order valence-corrected chi connectivity index (χ1v) is 8.50. The molecule has 0 bridgehead atoms. The quantitative estimate of drug-likeness (QED) is 0.557. The minimum atomic E-state index is -0.0112. The smallest absolute Gasteiger partial charge is 0.254 e. The van der Waals surface area contributed by atoms with E-state index in [-0.39, 0.29) is 5.91 Å². The van der Waals surface area contributed by atoms with Crippen LogP contribution in [0.1, 0.15) is 10.4 Å². The number of hydrogen-bond donors (Lipinski definition) is 0. The van der Waals surface area contributed by atoms with Crippen molar-refractivity contribution in [2.24, 2.45) is 0 Å². The molecule has 26 heavy (non-hydrogen) atoms. The number of amides is 1. The Hall–Kier alpha value is -3.19. The van der Waals surface area contributed by atoms with Gasteiger partial charge in [-0.1, -0.05) is 11.2 Å². The highest BCUT2D eigenvalue weighted by Gasteiger charge is 2.21. The molecule has 3 aromatic heterocycles. The molecule has 130 valence electrons. The molecule has 4 aromatic rings. The first-order valence-electron chi connectivity index (χ1n) is 8.50. The summed E-state index contributed by atoms with van der Waals surface area (Å²) >= 11 is 0. The number of aromatic nitrogens is 3. The van der Waals surface area contributed by atoms with Crippen molar-refractivity contribution < 1.29 is 14.1 Å². The summed E-state index contributed by atoms with van der Waals surface area (Å²) in [6.07, 6.45) is 3.72.